The van der Waals surface area contributed by atoms with E-state index in [1.165, 1.54) is 11.1 Å². The van der Waals surface area contributed by atoms with Gasteiger partial charge < -0.3 is 10.0 Å². The van der Waals surface area contributed by atoms with Gasteiger partial charge in [0.15, 0.2) is 5.65 Å². The minimum absolute atomic E-state index is 0.166. The third-order valence-corrected chi connectivity index (χ3v) is 5.91. The normalized spacial score (nSPS) is 25.2. The highest BCUT2D eigenvalue weighted by molar-refractivity contribution is 5.87. The molecule has 1 N–H and O–H groups in total. The molecule has 3 atom stereocenters. The Balaban J connectivity index is 1.56. The monoisotopic (exact) mass is 349 g/mol. The zero-order valence-corrected chi connectivity index (χ0v) is 15.1. The van der Waals surface area contributed by atoms with Crippen molar-refractivity contribution in [3.63, 3.8) is 0 Å². The van der Waals surface area contributed by atoms with Gasteiger partial charge in [-0.15, -0.1) is 0 Å². The van der Waals surface area contributed by atoms with Crippen LogP contribution in [0, 0.1) is 25.7 Å². The Morgan fingerprint density at radius 2 is 1.85 bits per heavy atom. The van der Waals surface area contributed by atoms with E-state index >= 15 is 0 Å². The lowest BCUT2D eigenvalue weighted by Gasteiger charge is -2.19. The van der Waals surface area contributed by atoms with Gasteiger partial charge in [-0.2, -0.15) is 5.10 Å². The van der Waals surface area contributed by atoms with Crippen LogP contribution in [0.1, 0.15) is 24.0 Å². The van der Waals surface area contributed by atoms with E-state index in [4.69, 9.17) is 0 Å². The van der Waals surface area contributed by atoms with Crippen LogP contribution in [0.25, 0.3) is 16.7 Å². The fraction of sp³-hybridized carbons (Fsp3) is 0.450. The highest BCUT2D eigenvalue weighted by Gasteiger charge is 2.42. The molecule has 1 saturated heterocycles. The molecule has 3 aromatic rings. The topological polar surface area (TPSA) is 67.1 Å². The summed E-state index contributed by atoms with van der Waals surface area (Å²) in [6.07, 6.45) is 5.38. The standard InChI is InChI=1S/C20H23N5O/c1-12-5-13(2)7-15(6-12)25-20-16(8-23-25)19(21-11-22-20)24-9-14-3-4-18(26)17(14)10-24/h5-8,11,14,17-18,26H,3-4,9-10H2,1-2H3/t14-,17+,18-/m0/s1. The van der Waals surface area contributed by atoms with Crippen molar-refractivity contribution in [1.29, 1.82) is 0 Å². The maximum atomic E-state index is 10.2. The summed E-state index contributed by atoms with van der Waals surface area (Å²) in [6, 6.07) is 6.40. The van der Waals surface area contributed by atoms with Crippen LogP contribution in [0.4, 0.5) is 5.82 Å². The van der Waals surface area contributed by atoms with Gasteiger partial charge in [0, 0.05) is 19.0 Å². The van der Waals surface area contributed by atoms with Crippen molar-refractivity contribution in [3.8, 4) is 5.69 Å². The molecule has 0 radical (unpaired) electrons. The second-order valence-corrected chi connectivity index (χ2v) is 7.81. The van der Waals surface area contributed by atoms with Crippen molar-refractivity contribution in [2.24, 2.45) is 11.8 Å². The first kappa shape index (κ1) is 15.8. The van der Waals surface area contributed by atoms with Gasteiger partial charge in [0.25, 0.3) is 0 Å². The van der Waals surface area contributed by atoms with Gasteiger partial charge in [-0.05, 0) is 55.9 Å². The van der Waals surface area contributed by atoms with Gasteiger partial charge in [0.1, 0.15) is 12.1 Å². The third kappa shape index (κ3) is 2.40. The van der Waals surface area contributed by atoms with Crippen molar-refractivity contribution in [2.45, 2.75) is 32.8 Å². The Hall–Kier alpha value is -2.47. The van der Waals surface area contributed by atoms with Crippen molar-refractivity contribution in [1.82, 2.24) is 19.7 Å². The molecule has 6 nitrogen and oxygen atoms in total. The largest absolute Gasteiger partial charge is 0.393 e. The number of benzene rings is 1. The second kappa shape index (κ2) is 5.77. The predicted molar refractivity (Wildman–Crippen MR) is 101 cm³/mol. The number of aryl methyl sites for hydroxylation is 2. The van der Waals surface area contributed by atoms with Crippen LogP contribution in [-0.4, -0.2) is 44.0 Å². The summed E-state index contributed by atoms with van der Waals surface area (Å²) in [7, 11) is 0. The maximum Gasteiger partial charge on any atom is 0.168 e. The van der Waals surface area contributed by atoms with E-state index in [2.05, 4.69) is 52.0 Å². The van der Waals surface area contributed by atoms with Crippen LogP contribution in [0.5, 0.6) is 0 Å². The first-order valence-electron chi connectivity index (χ1n) is 9.30. The molecule has 0 bridgehead atoms. The smallest absolute Gasteiger partial charge is 0.168 e. The highest BCUT2D eigenvalue weighted by Crippen LogP contribution is 2.40. The van der Waals surface area contributed by atoms with E-state index in [1.54, 1.807) is 6.33 Å². The number of hydrogen-bond donors (Lipinski definition) is 1. The first-order chi connectivity index (χ1) is 12.6. The quantitative estimate of drug-likeness (QED) is 0.770. The molecule has 134 valence electrons. The minimum Gasteiger partial charge on any atom is -0.393 e. The molecule has 3 heterocycles. The Labute approximate surface area is 152 Å². The summed E-state index contributed by atoms with van der Waals surface area (Å²) in [6.45, 7) is 6.02. The number of rotatable bonds is 2. The molecular formula is C20H23N5O. The molecule has 1 saturated carbocycles. The van der Waals surface area contributed by atoms with Crippen molar-refractivity contribution in [3.05, 3.63) is 41.9 Å². The number of fused-ring (bicyclic) bond motifs is 2. The third-order valence-electron chi connectivity index (χ3n) is 5.91. The molecule has 1 aliphatic carbocycles. The summed E-state index contributed by atoms with van der Waals surface area (Å²) in [5.74, 6) is 1.88. The zero-order valence-electron chi connectivity index (χ0n) is 15.1. The summed E-state index contributed by atoms with van der Waals surface area (Å²) in [4.78, 5) is 11.4. The maximum absolute atomic E-state index is 10.2. The number of hydrogen-bond acceptors (Lipinski definition) is 5. The molecule has 2 aromatic heterocycles. The molecular weight excluding hydrogens is 326 g/mol. The van der Waals surface area contributed by atoms with E-state index in [9.17, 15) is 5.11 Å². The Morgan fingerprint density at radius 1 is 1.04 bits per heavy atom. The average molecular weight is 349 g/mol. The van der Waals surface area contributed by atoms with Gasteiger partial charge in [-0.3, -0.25) is 0 Å². The summed E-state index contributed by atoms with van der Waals surface area (Å²) in [5.41, 5.74) is 4.27. The Morgan fingerprint density at radius 3 is 2.62 bits per heavy atom. The van der Waals surface area contributed by atoms with E-state index in [0.29, 0.717) is 11.8 Å². The van der Waals surface area contributed by atoms with Crippen molar-refractivity contribution >= 4 is 16.9 Å². The molecule has 5 rings (SSSR count). The van der Waals surface area contributed by atoms with E-state index in [0.717, 1.165) is 48.5 Å². The van der Waals surface area contributed by atoms with Crippen LogP contribution in [0.3, 0.4) is 0 Å². The fourth-order valence-electron chi connectivity index (χ4n) is 4.76. The van der Waals surface area contributed by atoms with E-state index in [1.807, 2.05) is 10.9 Å². The molecule has 1 aromatic carbocycles. The fourth-order valence-corrected chi connectivity index (χ4v) is 4.76. The van der Waals surface area contributed by atoms with Crippen LogP contribution < -0.4 is 4.90 Å². The predicted octanol–water partition coefficient (Wildman–Crippen LogP) is 2.64. The van der Waals surface area contributed by atoms with Crippen molar-refractivity contribution < 1.29 is 5.11 Å². The SMILES string of the molecule is Cc1cc(C)cc(-n2ncc3c(N4C[C@@H]5CC[C@H](O)[C@@H]5C4)ncnc32)c1. The Kier molecular flexibility index (Phi) is 3.50. The highest BCUT2D eigenvalue weighted by atomic mass is 16.3. The van der Waals surface area contributed by atoms with Crippen LogP contribution in [-0.2, 0) is 0 Å². The van der Waals surface area contributed by atoms with Gasteiger partial charge in [0.05, 0.1) is 23.4 Å². The minimum atomic E-state index is -0.166. The number of nitrogens with zero attached hydrogens (tertiary/aromatic N) is 5. The average Bonchev–Trinajstić information content (AvgIpc) is 3.29. The number of anilines is 1. The molecule has 0 amide bonds. The van der Waals surface area contributed by atoms with Gasteiger partial charge in [0.2, 0.25) is 0 Å². The molecule has 2 fully saturated rings. The molecule has 0 spiro atoms. The lowest BCUT2D eigenvalue weighted by molar-refractivity contribution is 0.133. The molecule has 0 unspecified atom stereocenters. The summed E-state index contributed by atoms with van der Waals surface area (Å²) >= 11 is 0. The summed E-state index contributed by atoms with van der Waals surface area (Å²) in [5, 5.41) is 15.8. The lowest BCUT2D eigenvalue weighted by atomic mass is 10.00. The van der Waals surface area contributed by atoms with Crippen LogP contribution >= 0.6 is 0 Å². The number of aromatic nitrogens is 4. The van der Waals surface area contributed by atoms with E-state index < -0.39 is 0 Å². The van der Waals surface area contributed by atoms with Gasteiger partial charge in [-0.25, -0.2) is 14.6 Å². The summed E-state index contributed by atoms with van der Waals surface area (Å²) < 4.78 is 1.90. The van der Waals surface area contributed by atoms with Gasteiger partial charge >= 0.3 is 0 Å². The van der Waals surface area contributed by atoms with E-state index in [-0.39, 0.29) is 6.10 Å². The second-order valence-electron chi connectivity index (χ2n) is 7.81. The van der Waals surface area contributed by atoms with Crippen LogP contribution in [0.2, 0.25) is 0 Å². The number of aliphatic hydroxyl groups is 1. The molecule has 26 heavy (non-hydrogen) atoms. The van der Waals surface area contributed by atoms with Crippen LogP contribution in [0.15, 0.2) is 30.7 Å². The van der Waals surface area contributed by atoms with Gasteiger partial charge in [-0.1, -0.05) is 6.07 Å². The molecule has 6 heteroatoms. The lowest BCUT2D eigenvalue weighted by Crippen LogP contribution is -2.25. The Bertz CT molecular complexity index is 961. The molecule has 2 aliphatic rings. The van der Waals surface area contributed by atoms with Crippen molar-refractivity contribution in [2.75, 3.05) is 18.0 Å². The first-order valence-corrected chi connectivity index (χ1v) is 9.30. The zero-order chi connectivity index (χ0) is 17.8. The molecule has 1 aliphatic heterocycles. The number of aliphatic hydroxyl groups excluding tert-OH is 1.